The van der Waals surface area contributed by atoms with Crippen LogP contribution in [0.5, 0.6) is 11.5 Å². The molecule has 0 saturated carbocycles. The van der Waals surface area contributed by atoms with E-state index in [1.807, 2.05) is 30.3 Å². The van der Waals surface area contributed by atoms with Gasteiger partial charge >= 0.3 is 0 Å². The molecule has 0 spiro atoms. The minimum Gasteiger partial charge on any atom is -0.454 e. The molecule has 6 nitrogen and oxygen atoms in total. The van der Waals surface area contributed by atoms with Crippen LogP contribution >= 0.6 is 11.6 Å². The second-order valence-corrected chi connectivity index (χ2v) is 6.76. The highest BCUT2D eigenvalue weighted by atomic mass is 35.5. The van der Waals surface area contributed by atoms with Crippen LogP contribution in [0.1, 0.15) is 12.0 Å². The van der Waals surface area contributed by atoms with Crippen molar-refractivity contribution in [3.63, 3.8) is 0 Å². The lowest BCUT2D eigenvalue weighted by atomic mass is 10.1. The number of nitrogens with one attached hydrogen (secondary N) is 1. The van der Waals surface area contributed by atoms with Gasteiger partial charge in [0, 0.05) is 35.8 Å². The molecule has 2 heterocycles. The van der Waals surface area contributed by atoms with Gasteiger partial charge in [-0.15, -0.1) is 0 Å². The lowest BCUT2D eigenvalue weighted by Gasteiger charge is -2.11. The van der Waals surface area contributed by atoms with E-state index in [-0.39, 0.29) is 0 Å². The van der Waals surface area contributed by atoms with Crippen LogP contribution in [0.2, 0.25) is 5.02 Å². The Morgan fingerprint density at radius 1 is 1.10 bits per heavy atom. The van der Waals surface area contributed by atoms with Crippen molar-refractivity contribution in [2.45, 2.75) is 6.42 Å². The number of benzene rings is 2. The molecule has 0 saturated heterocycles. The first-order valence-electron chi connectivity index (χ1n) is 9.31. The number of ether oxygens (including phenoxy) is 1. The van der Waals surface area contributed by atoms with Gasteiger partial charge in [0.25, 0.3) is 0 Å². The normalized spacial score (nSPS) is 10.3. The van der Waals surface area contributed by atoms with Crippen molar-refractivity contribution in [3.05, 3.63) is 77.8 Å². The van der Waals surface area contributed by atoms with Crippen LogP contribution < -0.4 is 15.8 Å². The molecule has 0 unspecified atom stereocenters. The van der Waals surface area contributed by atoms with Crippen LogP contribution in [0.3, 0.4) is 0 Å². The van der Waals surface area contributed by atoms with Gasteiger partial charge in [0.05, 0.1) is 16.7 Å². The Balaban J connectivity index is 1.60. The van der Waals surface area contributed by atoms with Gasteiger partial charge in [-0.1, -0.05) is 23.4 Å². The van der Waals surface area contributed by atoms with Crippen LogP contribution in [0, 0.1) is 11.8 Å². The maximum Gasteiger partial charge on any atom is 0.146 e. The first-order chi connectivity index (χ1) is 14.7. The zero-order valence-corrected chi connectivity index (χ0v) is 16.7. The number of nitrogens with zero attached hydrogens (tertiary/aromatic N) is 3. The number of fused-ring (bicyclic) bond motifs is 1. The van der Waals surface area contributed by atoms with E-state index in [0.717, 1.165) is 22.2 Å². The van der Waals surface area contributed by atoms with Gasteiger partial charge in [-0.05, 0) is 48.5 Å². The van der Waals surface area contributed by atoms with Gasteiger partial charge in [-0.25, -0.2) is 9.97 Å². The summed E-state index contributed by atoms with van der Waals surface area (Å²) in [5.41, 5.74) is 7.98. The van der Waals surface area contributed by atoms with E-state index in [2.05, 4.69) is 32.1 Å². The fourth-order valence-electron chi connectivity index (χ4n) is 2.80. The largest absolute Gasteiger partial charge is 0.454 e. The summed E-state index contributed by atoms with van der Waals surface area (Å²) in [7, 11) is 0. The van der Waals surface area contributed by atoms with Crippen LogP contribution in [0.4, 0.5) is 11.5 Å². The molecule has 0 aliphatic carbocycles. The molecule has 3 N–H and O–H groups in total. The van der Waals surface area contributed by atoms with Crippen LogP contribution in [-0.4, -0.2) is 21.5 Å². The van der Waals surface area contributed by atoms with Crippen molar-refractivity contribution in [1.29, 1.82) is 0 Å². The molecule has 4 rings (SSSR count). The van der Waals surface area contributed by atoms with E-state index in [9.17, 15) is 0 Å². The van der Waals surface area contributed by atoms with Gasteiger partial charge in [0.15, 0.2) is 0 Å². The quantitative estimate of drug-likeness (QED) is 0.450. The van der Waals surface area contributed by atoms with Crippen molar-refractivity contribution in [2.75, 3.05) is 11.9 Å². The molecule has 0 atom stereocenters. The molecule has 2 aromatic heterocycles. The molecule has 4 aromatic rings. The minimum atomic E-state index is 0.468. The number of anilines is 2. The van der Waals surface area contributed by atoms with E-state index in [4.69, 9.17) is 22.1 Å². The molecule has 0 aliphatic heterocycles. The topological polar surface area (TPSA) is 86.0 Å². The van der Waals surface area contributed by atoms with Gasteiger partial charge in [0.1, 0.15) is 23.6 Å². The fraction of sp³-hybridized carbons (Fsp3) is 0.0870. The van der Waals surface area contributed by atoms with Crippen molar-refractivity contribution < 1.29 is 4.74 Å². The highest BCUT2D eigenvalue weighted by Gasteiger charge is 2.08. The molecule has 2 aromatic carbocycles. The minimum absolute atomic E-state index is 0.468. The number of nitrogens with two attached hydrogens (primary N) is 1. The standard InChI is InChI=1S/C23H18ClN5O/c24-20-13-17(7-9-22(20)30-18-5-3-11-26-14-18)29-23-19-12-16(4-1-2-10-25)6-8-21(19)27-15-28-23/h3,5-9,11-15H,2,10,25H2,(H,27,28,29). The molecular formula is C23H18ClN5O. The molecule has 30 heavy (non-hydrogen) atoms. The van der Waals surface area contributed by atoms with Crippen molar-refractivity contribution >= 4 is 34.0 Å². The van der Waals surface area contributed by atoms with E-state index in [0.29, 0.717) is 35.3 Å². The number of hydrogen-bond acceptors (Lipinski definition) is 6. The maximum absolute atomic E-state index is 6.41. The summed E-state index contributed by atoms with van der Waals surface area (Å²) >= 11 is 6.41. The van der Waals surface area contributed by atoms with Crippen LogP contribution in [0.15, 0.2) is 67.3 Å². The van der Waals surface area contributed by atoms with Gasteiger partial charge in [0.2, 0.25) is 0 Å². The number of aromatic nitrogens is 3. The van der Waals surface area contributed by atoms with Gasteiger partial charge in [-0.3, -0.25) is 4.98 Å². The molecule has 148 valence electrons. The summed E-state index contributed by atoms with van der Waals surface area (Å²) in [6.07, 6.45) is 5.48. The second kappa shape index (κ2) is 9.23. The molecule has 0 bridgehead atoms. The Morgan fingerprint density at radius 3 is 2.83 bits per heavy atom. The summed E-state index contributed by atoms with van der Waals surface area (Å²) in [6.45, 7) is 0.539. The number of rotatable bonds is 5. The fourth-order valence-corrected chi connectivity index (χ4v) is 3.02. The third-order valence-electron chi connectivity index (χ3n) is 4.19. The SMILES string of the molecule is NCCC#Cc1ccc2ncnc(Nc3ccc(Oc4cccnc4)c(Cl)c3)c2c1. The number of pyridine rings is 1. The van der Waals surface area contributed by atoms with Crippen LogP contribution in [-0.2, 0) is 0 Å². The molecule has 7 heteroatoms. The summed E-state index contributed by atoms with van der Waals surface area (Å²) in [4.78, 5) is 12.7. The summed E-state index contributed by atoms with van der Waals surface area (Å²) in [6, 6.07) is 14.9. The second-order valence-electron chi connectivity index (χ2n) is 6.36. The Bertz CT molecular complexity index is 1230. The van der Waals surface area contributed by atoms with Crippen molar-refractivity contribution in [3.8, 4) is 23.3 Å². The average molecular weight is 416 g/mol. The van der Waals surface area contributed by atoms with Crippen molar-refractivity contribution in [2.24, 2.45) is 5.73 Å². The number of halogens is 1. The molecule has 0 aliphatic rings. The van der Waals surface area contributed by atoms with E-state index in [1.165, 1.54) is 6.33 Å². The Hall–Kier alpha value is -3.66. The van der Waals surface area contributed by atoms with Gasteiger partial charge in [-0.2, -0.15) is 0 Å². The Morgan fingerprint density at radius 2 is 2.03 bits per heavy atom. The zero-order chi connectivity index (χ0) is 20.8. The van der Waals surface area contributed by atoms with Gasteiger partial charge < -0.3 is 15.8 Å². The first-order valence-corrected chi connectivity index (χ1v) is 9.69. The zero-order valence-electron chi connectivity index (χ0n) is 16.0. The molecule has 0 fully saturated rings. The average Bonchev–Trinajstić information content (AvgIpc) is 2.77. The molecule has 0 radical (unpaired) electrons. The highest BCUT2D eigenvalue weighted by Crippen LogP contribution is 2.33. The summed E-state index contributed by atoms with van der Waals surface area (Å²) in [5.74, 6) is 7.98. The predicted octanol–water partition coefficient (Wildman–Crippen LogP) is 4.91. The number of hydrogen-bond donors (Lipinski definition) is 2. The molecule has 0 amide bonds. The van der Waals surface area contributed by atoms with E-state index < -0.39 is 0 Å². The monoisotopic (exact) mass is 415 g/mol. The maximum atomic E-state index is 6.41. The lowest BCUT2D eigenvalue weighted by molar-refractivity contribution is 0.480. The van der Waals surface area contributed by atoms with E-state index in [1.54, 1.807) is 30.6 Å². The van der Waals surface area contributed by atoms with Crippen molar-refractivity contribution in [1.82, 2.24) is 15.0 Å². The smallest absolute Gasteiger partial charge is 0.146 e. The Kier molecular flexibility index (Phi) is 6.04. The Labute approximate surface area is 179 Å². The predicted molar refractivity (Wildman–Crippen MR) is 119 cm³/mol. The van der Waals surface area contributed by atoms with Crippen LogP contribution in [0.25, 0.3) is 10.9 Å². The highest BCUT2D eigenvalue weighted by molar-refractivity contribution is 6.32. The third-order valence-corrected chi connectivity index (χ3v) is 4.49. The summed E-state index contributed by atoms with van der Waals surface area (Å²) in [5, 5.41) is 4.63. The summed E-state index contributed by atoms with van der Waals surface area (Å²) < 4.78 is 5.78. The molecular weight excluding hydrogens is 398 g/mol. The lowest BCUT2D eigenvalue weighted by Crippen LogP contribution is -1.97. The van der Waals surface area contributed by atoms with E-state index >= 15 is 0 Å². The first kappa shape index (κ1) is 19.6. The third kappa shape index (κ3) is 4.66.